The molecule has 11 nitrogen and oxygen atoms in total. The Morgan fingerprint density at radius 3 is 2.40 bits per heavy atom. The van der Waals surface area contributed by atoms with Crippen LogP contribution in [0.25, 0.3) is 34.3 Å². The molecule has 11 heteroatoms. The number of aryl methyl sites for hydroxylation is 1. The summed E-state index contributed by atoms with van der Waals surface area (Å²) < 4.78 is 17.1. The van der Waals surface area contributed by atoms with E-state index in [0.717, 1.165) is 5.56 Å². The van der Waals surface area contributed by atoms with Gasteiger partial charge in [0.05, 0.1) is 29.7 Å². The van der Waals surface area contributed by atoms with Crippen LogP contribution in [0.4, 0.5) is 4.79 Å². The molecule has 2 aromatic heterocycles. The van der Waals surface area contributed by atoms with Gasteiger partial charge in [0, 0.05) is 25.2 Å². The Morgan fingerprint density at radius 2 is 1.70 bits per heavy atom. The molecular formula is C29H32N6O5. The van der Waals surface area contributed by atoms with E-state index in [-0.39, 0.29) is 30.8 Å². The van der Waals surface area contributed by atoms with Crippen LogP contribution in [0.15, 0.2) is 59.1 Å². The number of hydrogen-bond acceptors (Lipinski definition) is 9. The summed E-state index contributed by atoms with van der Waals surface area (Å²) in [6.07, 6.45) is 1.15. The van der Waals surface area contributed by atoms with Crippen molar-refractivity contribution in [1.29, 1.82) is 0 Å². The first-order chi connectivity index (χ1) is 19.0. The first-order valence-corrected chi connectivity index (χ1v) is 12.7. The van der Waals surface area contributed by atoms with E-state index in [2.05, 4.69) is 20.5 Å². The van der Waals surface area contributed by atoms with Gasteiger partial charge in [-0.3, -0.25) is 9.78 Å². The van der Waals surface area contributed by atoms with E-state index in [0.29, 0.717) is 34.0 Å². The van der Waals surface area contributed by atoms with E-state index < -0.39 is 11.7 Å². The van der Waals surface area contributed by atoms with Crippen molar-refractivity contribution in [2.75, 3.05) is 27.2 Å². The lowest BCUT2D eigenvalue weighted by molar-refractivity contribution is 0.0520. The fourth-order valence-corrected chi connectivity index (χ4v) is 3.66. The Hall–Kier alpha value is -4.80. The summed E-state index contributed by atoms with van der Waals surface area (Å²) in [5.74, 6) is 0.906. The number of rotatable bonds is 8. The first kappa shape index (κ1) is 28.2. The lowest BCUT2D eigenvalue weighted by atomic mass is 10.1. The van der Waals surface area contributed by atoms with E-state index in [1.165, 1.54) is 4.90 Å². The van der Waals surface area contributed by atoms with E-state index in [1.807, 2.05) is 31.2 Å². The molecule has 0 saturated carbocycles. The van der Waals surface area contributed by atoms with Crippen molar-refractivity contribution >= 4 is 12.0 Å². The highest BCUT2D eigenvalue weighted by molar-refractivity contribution is 5.94. The lowest BCUT2D eigenvalue weighted by Crippen LogP contribution is -2.34. The molecule has 208 valence electrons. The van der Waals surface area contributed by atoms with Crippen molar-refractivity contribution in [3.8, 4) is 40.0 Å². The summed E-state index contributed by atoms with van der Waals surface area (Å²) in [6, 6.07) is 14.4. The highest BCUT2D eigenvalue weighted by Crippen LogP contribution is 2.31. The smallest absolute Gasteiger partial charge is 0.407 e. The van der Waals surface area contributed by atoms with Gasteiger partial charge in [-0.25, -0.2) is 9.78 Å². The number of ether oxygens (including phenoxy) is 2. The third-order valence-corrected chi connectivity index (χ3v) is 5.56. The molecule has 4 aromatic rings. The number of carbonyl (C=O) groups is 2. The summed E-state index contributed by atoms with van der Waals surface area (Å²) in [5, 5.41) is 11.1. The van der Waals surface area contributed by atoms with E-state index >= 15 is 0 Å². The Bertz CT molecular complexity index is 1490. The van der Waals surface area contributed by atoms with Crippen molar-refractivity contribution in [2.45, 2.75) is 33.3 Å². The van der Waals surface area contributed by atoms with Crippen molar-refractivity contribution in [3.63, 3.8) is 0 Å². The summed E-state index contributed by atoms with van der Waals surface area (Å²) in [4.78, 5) is 34.8. The van der Waals surface area contributed by atoms with Gasteiger partial charge in [0.15, 0.2) is 0 Å². The highest BCUT2D eigenvalue weighted by Gasteiger charge is 2.19. The maximum atomic E-state index is 12.2. The number of nitrogens with zero attached hydrogens (tertiary/aromatic N) is 5. The molecule has 40 heavy (non-hydrogen) atoms. The second-order valence-electron chi connectivity index (χ2n) is 10.2. The molecule has 1 N–H and O–H groups in total. The van der Waals surface area contributed by atoms with Crippen molar-refractivity contribution < 1.29 is 23.5 Å². The third kappa shape index (κ3) is 6.99. The number of alkyl carbamates (subject to hydrolysis) is 1. The van der Waals surface area contributed by atoms with Crippen LogP contribution in [0.5, 0.6) is 5.75 Å². The van der Waals surface area contributed by atoms with Crippen LogP contribution in [0, 0.1) is 6.92 Å². The molecular weight excluding hydrogens is 512 g/mol. The molecule has 0 spiro atoms. The minimum Gasteiger partial charge on any atom is -0.491 e. The lowest BCUT2D eigenvalue weighted by Gasteiger charge is -2.19. The molecule has 0 radical (unpaired) electrons. The molecule has 0 aliphatic rings. The largest absolute Gasteiger partial charge is 0.491 e. The molecule has 0 bridgehead atoms. The van der Waals surface area contributed by atoms with E-state index in [1.54, 1.807) is 65.3 Å². The van der Waals surface area contributed by atoms with Crippen LogP contribution in [0.1, 0.15) is 36.8 Å². The van der Waals surface area contributed by atoms with Crippen molar-refractivity contribution in [1.82, 2.24) is 30.4 Å². The summed E-state index contributed by atoms with van der Waals surface area (Å²) in [5.41, 5.74) is 3.07. The average molecular weight is 545 g/mol. The van der Waals surface area contributed by atoms with Gasteiger partial charge in [-0.05, 0) is 52.0 Å². The Kier molecular flexibility index (Phi) is 8.42. The fraction of sp³-hybridized carbons (Fsp3) is 0.310. The fourth-order valence-electron chi connectivity index (χ4n) is 3.66. The van der Waals surface area contributed by atoms with Crippen LogP contribution in [0.2, 0.25) is 0 Å². The highest BCUT2D eigenvalue weighted by atomic mass is 16.6. The van der Waals surface area contributed by atoms with Gasteiger partial charge in [0.2, 0.25) is 0 Å². The van der Waals surface area contributed by atoms with Gasteiger partial charge in [0.1, 0.15) is 23.7 Å². The zero-order valence-electron chi connectivity index (χ0n) is 23.4. The predicted octanol–water partition coefficient (Wildman–Crippen LogP) is 4.77. The van der Waals surface area contributed by atoms with Gasteiger partial charge in [-0.2, -0.15) is 0 Å². The van der Waals surface area contributed by atoms with Gasteiger partial charge >= 0.3 is 6.09 Å². The molecule has 0 fully saturated rings. The average Bonchev–Trinajstić information content (AvgIpc) is 3.40. The zero-order valence-corrected chi connectivity index (χ0v) is 23.4. The molecule has 2 aromatic carbocycles. The quantitative estimate of drug-likeness (QED) is 0.311. The van der Waals surface area contributed by atoms with Crippen LogP contribution < -0.4 is 10.1 Å². The van der Waals surface area contributed by atoms with Crippen molar-refractivity contribution in [2.24, 2.45) is 0 Å². The predicted molar refractivity (Wildman–Crippen MR) is 149 cm³/mol. The normalized spacial score (nSPS) is 11.2. The molecule has 2 amide bonds. The number of aromatic nitrogens is 4. The topological polar surface area (TPSA) is 133 Å². The Morgan fingerprint density at radius 1 is 1.00 bits per heavy atom. The van der Waals surface area contributed by atoms with Crippen LogP contribution in [-0.2, 0) is 4.74 Å². The van der Waals surface area contributed by atoms with Crippen LogP contribution in [0.3, 0.4) is 0 Å². The Balaban J connectivity index is 1.49. The minimum atomic E-state index is -0.577. The standard InChI is InChI=1S/C29H32N6O5/c1-18-24(32-22(17-31-18)19-11-13-20(14-12-19)27(36)35(5)6)26-34-33-25(39-26)21-9-7-8-10-23(21)38-16-15-30-28(37)40-29(2,3)4/h7-14,17H,15-16H2,1-6H3,(H,30,37). The molecule has 0 unspecified atom stereocenters. The SMILES string of the molecule is Cc1ncc(-c2ccc(C(=O)N(C)C)cc2)nc1-c1nnc(-c2ccccc2OCCNC(=O)OC(C)(C)C)o1. The third-order valence-electron chi connectivity index (χ3n) is 5.56. The number of benzene rings is 2. The minimum absolute atomic E-state index is 0.0795. The van der Waals surface area contributed by atoms with Gasteiger partial charge in [0.25, 0.3) is 17.7 Å². The van der Waals surface area contributed by atoms with Crippen LogP contribution in [-0.4, -0.2) is 69.9 Å². The second-order valence-corrected chi connectivity index (χ2v) is 10.2. The number of para-hydroxylation sites is 1. The second kappa shape index (κ2) is 11.9. The van der Waals surface area contributed by atoms with Gasteiger partial charge < -0.3 is 24.1 Å². The number of carbonyl (C=O) groups excluding carboxylic acids is 2. The van der Waals surface area contributed by atoms with Crippen molar-refractivity contribution in [3.05, 3.63) is 66.0 Å². The molecule has 4 rings (SSSR count). The molecule has 2 heterocycles. The summed E-state index contributed by atoms with van der Waals surface area (Å²) in [6.45, 7) is 7.67. The van der Waals surface area contributed by atoms with Crippen LogP contribution >= 0.6 is 0 Å². The molecule has 0 aliphatic heterocycles. The maximum absolute atomic E-state index is 12.2. The van der Waals surface area contributed by atoms with E-state index in [9.17, 15) is 9.59 Å². The molecule has 0 aliphatic carbocycles. The monoisotopic (exact) mass is 544 g/mol. The number of amides is 2. The Labute approximate surface area is 232 Å². The maximum Gasteiger partial charge on any atom is 0.407 e. The number of nitrogens with one attached hydrogen (secondary N) is 1. The first-order valence-electron chi connectivity index (χ1n) is 12.7. The zero-order chi connectivity index (χ0) is 28.9. The van der Waals surface area contributed by atoms with Gasteiger partial charge in [-0.1, -0.05) is 24.3 Å². The molecule has 0 atom stereocenters. The summed E-state index contributed by atoms with van der Waals surface area (Å²) in [7, 11) is 3.42. The molecule has 0 saturated heterocycles. The van der Waals surface area contributed by atoms with Gasteiger partial charge in [-0.15, -0.1) is 10.2 Å². The summed E-state index contributed by atoms with van der Waals surface area (Å²) >= 11 is 0. The van der Waals surface area contributed by atoms with E-state index in [4.69, 9.17) is 18.9 Å². The number of hydrogen-bond donors (Lipinski definition) is 1.